The van der Waals surface area contributed by atoms with Gasteiger partial charge in [-0.1, -0.05) is 24.3 Å². The maximum atomic E-state index is 12.3. The summed E-state index contributed by atoms with van der Waals surface area (Å²) in [5.41, 5.74) is -0.0400. The van der Waals surface area contributed by atoms with E-state index in [0.29, 0.717) is 11.2 Å². The quantitative estimate of drug-likeness (QED) is 0.633. The highest BCUT2D eigenvalue weighted by atomic mass is 16.1. The Labute approximate surface area is 98.0 Å². The fourth-order valence-electron chi connectivity index (χ4n) is 1.87. The van der Waals surface area contributed by atoms with Crippen LogP contribution in [0.5, 0.6) is 0 Å². The minimum Gasteiger partial charge on any atom is -0.268 e. The average Bonchev–Trinajstić information content (AvgIpc) is 2.40. The summed E-state index contributed by atoms with van der Waals surface area (Å²) in [6.45, 7) is 0. The Morgan fingerprint density at radius 1 is 0.941 bits per heavy atom. The molecule has 17 heavy (non-hydrogen) atoms. The molecule has 0 unspecified atom stereocenters. The van der Waals surface area contributed by atoms with Gasteiger partial charge in [-0.3, -0.25) is 9.36 Å². The van der Waals surface area contributed by atoms with Crippen molar-refractivity contribution in [1.29, 1.82) is 0 Å². The number of pyridine rings is 2. The molecule has 0 spiro atoms. The molecule has 3 rings (SSSR count). The number of hydrogen-bond acceptors (Lipinski definition) is 2. The number of benzene rings is 1. The zero-order valence-corrected chi connectivity index (χ0v) is 9.08. The summed E-state index contributed by atoms with van der Waals surface area (Å²) in [5, 5.41) is 1.66. The normalized spacial score (nSPS) is 10.6. The molecule has 3 heteroatoms. The molecule has 0 bridgehead atoms. The molecule has 0 saturated carbocycles. The van der Waals surface area contributed by atoms with Crippen LogP contribution >= 0.6 is 0 Å². The van der Waals surface area contributed by atoms with Crippen molar-refractivity contribution in [2.75, 3.05) is 0 Å². The molecular weight excluding hydrogens is 212 g/mol. The monoisotopic (exact) mass is 222 g/mol. The van der Waals surface area contributed by atoms with Gasteiger partial charge in [-0.25, -0.2) is 4.98 Å². The highest BCUT2D eigenvalue weighted by Gasteiger charge is 2.03. The Morgan fingerprint density at radius 3 is 2.59 bits per heavy atom. The van der Waals surface area contributed by atoms with E-state index in [0.717, 1.165) is 5.39 Å². The Kier molecular flexibility index (Phi) is 2.22. The van der Waals surface area contributed by atoms with E-state index in [1.165, 1.54) is 0 Å². The maximum absolute atomic E-state index is 12.3. The van der Waals surface area contributed by atoms with E-state index >= 15 is 0 Å². The van der Waals surface area contributed by atoms with E-state index in [1.807, 2.05) is 48.5 Å². The van der Waals surface area contributed by atoms with Gasteiger partial charge in [0.25, 0.3) is 5.56 Å². The molecule has 82 valence electrons. The van der Waals surface area contributed by atoms with Crippen LogP contribution in [-0.2, 0) is 0 Å². The number of aromatic nitrogens is 2. The molecule has 0 amide bonds. The lowest BCUT2D eigenvalue weighted by Gasteiger charge is -2.05. The SMILES string of the molecule is O=c1c2ccccc2ccn1-c1ccccn1. The first-order valence-electron chi connectivity index (χ1n) is 5.38. The van der Waals surface area contributed by atoms with Gasteiger partial charge < -0.3 is 0 Å². The van der Waals surface area contributed by atoms with E-state index in [1.54, 1.807) is 17.0 Å². The van der Waals surface area contributed by atoms with Crippen molar-refractivity contribution in [3.63, 3.8) is 0 Å². The molecule has 0 aliphatic rings. The molecule has 0 atom stereocenters. The first kappa shape index (κ1) is 9.78. The van der Waals surface area contributed by atoms with E-state index in [4.69, 9.17) is 0 Å². The van der Waals surface area contributed by atoms with Crippen LogP contribution in [-0.4, -0.2) is 9.55 Å². The third-order valence-electron chi connectivity index (χ3n) is 2.71. The first-order valence-corrected chi connectivity index (χ1v) is 5.38. The number of fused-ring (bicyclic) bond motifs is 1. The third-order valence-corrected chi connectivity index (χ3v) is 2.71. The second kappa shape index (κ2) is 3.87. The predicted octanol–water partition coefficient (Wildman–Crippen LogP) is 2.39. The van der Waals surface area contributed by atoms with Crippen molar-refractivity contribution in [1.82, 2.24) is 9.55 Å². The highest BCUT2D eigenvalue weighted by molar-refractivity contribution is 5.81. The zero-order valence-electron chi connectivity index (χ0n) is 9.08. The standard InChI is InChI=1S/C14H10N2O/c17-14-12-6-2-1-5-11(12)8-10-16(14)13-7-3-4-9-15-13/h1-10H. The van der Waals surface area contributed by atoms with Crippen LogP contribution in [0.4, 0.5) is 0 Å². The molecule has 0 aliphatic heterocycles. The van der Waals surface area contributed by atoms with E-state index < -0.39 is 0 Å². The Balaban J connectivity index is 2.33. The van der Waals surface area contributed by atoms with Gasteiger partial charge in [0.15, 0.2) is 0 Å². The summed E-state index contributed by atoms with van der Waals surface area (Å²) in [6.07, 6.45) is 3.43. The van der Waals surface area contributed by atoms with Crippen molar-refractivity contribution in [3.05, 3.63) is 71.3 Å². The molecule has 1 aromatic carbocycles. The molecule has 0 N–H and O–H groups in total. The molecule has 3 nitrogen and oxygen atoms in total. The summed E-state index contributed by atoms with van der Waals surface area (Å²) in [6, 6.07) is 15.0. The molecule has 0 radical (unpaired) electrons. The predicted molar refractivity (Wildman–Crippen MR) is 67.3 cm³/mol. The van der Waals surface area contributed by atoms with Gasteiger partial charge in [-0.2, -0.15) is 0 Å². The number of hydrogen-bond donors (Lipinski definition) is 0. The lowest BCUT2D eigenvalue weighted by Crippen LogP contribution is -2.18. The fraction of sp³-hybridized carbons (Fsp3) is 0. The van der Waals surface area contributed by atoms with Crippen LogP contribution < -0.4 is 5.56 Å². The van der Waals surface area contributed by atoms with Crippen LogP contribution in [0.15, 0.2) is 65.7 Å². The zero-order chi connectivity index (χ0) is 11.7. The van der Waals surface area contributed by atoms with Gasteiger partial charge in [0.05, 0.1) is 0 Å². The summed E-state index contributed by atoms with van der Waals surface area (Å²) in [4.78, 5) is 16.4. The minimum absolute atomic E-state index is 0.0400. The van der Waals surface area contributed by atoms with Gasteiger partial charge in [0, 0.05) is 17.8 Å². The molecule has 0 aliphatic carbocycles. The lowest BCUT2D eigenvalue weighted by atomic mass is 10.2. The minimum atomic E-state index is -0.0400. The Morgan fingerprint density at radius 2 is 1.76 bits per heavy atom. The van der Waals surface area contributed by atoms with E-state index in [2.05, 4.69) is 4.98 Å². The summed E-state index contributed by atoms with van der Waals surface area (Å²) in [7, 11) is 0. The second-order valence-electron chi connectivity index (χ2n) is 3.77. The summed E-state index contributed by atoms with van der Waals surface area (Å²) >= 11 is 0. The van der Waals surface area contributed by atoms with E-state index in [-0.39, 0.29) is 5.56 Å². The summed E-state index contributed by atoms with van der Waals surface area (Å²) in [5.74, 6) is 0.642. The molecule has 0 fully saturated rings. The van der Waals surface area contributed by atoms with Crippen molar-refractivity contribution >= 4 is 10.8 Å². The largest absolute Gasteiger partial charge is 0.268 e. The Bertz CT molecular complexity index is 717. The molecule has 2 aromatic heterocycles. The average molecular weight is 222 g/mol. The second-order valence-corrected chi connectivity index (χ2v) is 3.77. The van der Waals surface area contributed by atoms with Crippen LogP contribution in [0.1, 0.15) is 0 Å². The van der Waals surface area contributed by atoms with Crippen LogP contribution in [0.25, 0.3) is 16.6 Å². The van der Waals surface area contributed by atoms with Crippen molar-refractivity contribution in [3.8, 4) is 5.82 Å². The van der Waals surface area contributed by atoms with Crippen LogP contribution in [0.2, 0.25) is 0 Å². The topological polar surface area (TPSA) is 34.9 Å². The first-order chi connectivity index (χ1) is 8.36. The molecular formula is C14H10N2O. The van der Waals surface area contributed by atoms with E-state index in [9.17, 15) is 4.79 Å². The fourth-order valence-corrected chi connectivity index (χ4v) is 1.87. The number of nitrogens with zero attached hydrogens (tertiary/aromatic N) is 2. The smallest absolute Gasteiger partial charge is 0.264 e. The van der Waals surface area contributed by atoms with Gasteiger partial charge >= 0.3 is 0 Å². The van der Waals surface area contributed by atoms with Gasteiger partial charge in [-0.15, -0.1) is 0 Å². The van der Waals surface area contributed by atoms with Crippen molar-refractivity contribution in [2.24, 2.45) is 0 Å². The van der Waals surface area contributed by atoms with Gasteiger partial charge in [0.1, 0.15) is 5.82 Å². The van der Waals surface area contributed by atoms with Crippen molar-refractivity contribution < 1.29 is 0 Å². The molecule has 3 aromatic rings. The van der Waals surface area contributed by atoms with Crippen LogP contribution in [0, 0.1) is 0 Å². The third kappa shape index (κ3) is 1.61. The lowest BCUT2D eigenvalue weighted by molar-refractivity contribution is 0.955. The number of rotatable bonds is 1. The molecule has 2 heterocycles. The van der Waals surface area contributed by atoms with Gasteiger partial charge in [-0.05, 0) is 29.7 Å². The molecule has 0 saturated heterocycles. The Hall–Kier alpha value is -2.42. The van der Waals surface area contributed by atoms with Crippen molar-refractivity contribution in [2.45, 2.75) is 0 Å². The maximum Gasteiger partial charge on any atom is 0.264 e. The highest BCUT2D eigenvalue weighted by Crippen LogP contribution is 2.10. The van der Waals surface area contributed by atoms with Gasteiger partial charge in [0.2, 0.25) is 0 Å². The van der Waals surface area contributed by atoms with Crippen LogP contribution in [0.3, 0.4) is 0 Å². The summed E-state index contributed by atoms with van der Waals surface area (Å²) < 4.78 is 1.56.